The Morgan fingerprint density at radius 1 is 1.00 bits per heavy atom. The monoisotopic (exact) mass is 428 g/mol. The minimum absolute atomic E-state index is 0.0832. The summed E-state index contributed by atoms with van der Waals surface area (Å²) in [5.74, 6) is 1.38. The second kappa shape index (κ2) is 8.55. The van der Waals surface area contributed by atoms with Gasteiger partial charge in [0.2, 0.25) is 5.91 Å². The van der Waals surface area contributed by atoms with Gasteiger partial charge in [-0.3, -0.25) is 9.89 Å². The molecule has 1 atom stereocenters. The second-order valence-corrected chi connectivity index (χ2v) is 7.61. The summed E-state index contributed by atoms with van der Waals surface area (Å²) in [6.45, 7) is 0.148. The Morgan fingerprint density at radius 3 is 2.53 bits per heavy atom. The molecule has 1 aromatic heterocycles. The van der Waals surface area contributed by atoms with Crippen LogP contribution in [0.5, 0.6) is 5.75 Å². The molecule has 6 nitrogen and oxygen atoms in total. The van der Waals surface area contributed by atoms with Crippen molar-refractivity contribution in [2.75, 3.05) is 10.6 Å². The average Bonchev–Trinajstić information content (AvgIpc) is 3.21. The molecule has 0 aliphatic carbocycles. The number of amides is 1. The number of nitrogens with zero attached hydrogens (tertiary/aromatic N) is 1. The number of halogens is 1. The summed E-state index contributed by atoms with van der Waals surface area (Å²) in [7, 11) is 0. The number of carbonyl (C=O) groups is 1. The van der Waals surface area contributed by atoms with Crippen molar-refractivity contribution in [3.63, 3.8) is 0 Å². The van der Waals surface area contributed by atoms with Crippen molar-refractivity contribution in [3.8, 4) is 5.75 Å². The van der Waals surface area contributed by atoms with Crippen LogP contribution in [0, 0.1) is 5.82 Å². The van der Waals surface area contributed by atoms with Crippen molar-refractivity contribution in [1.82, 2.24) is 10.2 Å². The molecule has 0 spiro atoms. The molecule has 1 aliphatic rings. The number of nitrogens with one attached hydrogen (secondary N) is 3. The van der Waals surface area contributed by atoms with Crippen LogP contribution in [-0.2, 0) is 11.4 Å². The molecule has 1 amide bonds. The Balaban J connectivity index is 1.37. The lowest BCUT2D eigenvalue weighted by Crippen LogP contribution is -2.23. The van der Waals surface area contributed by atoms with Crippen LogP contribution in [0.25, 0.3) is 0 Å². The van der Waals surface area contributed by atoms with Gasteiger partial charge in [0.25, 0.3) is 0 Å². The first kappa shape index (κ1) is 19.8. The number of benzene rings is 3. The van der Waals surface area contributed by atoms with E-state index in [2.05, 4.69) is 20.8 Å². The Bertz CT molecular complexity index is 1240. The van der Waals surface area contributed by atoms with Crippen LogP contribution in [-0.4, -0.2) is 16.1 Å². The maximum atomic E-state index is 13.8. The van der Waals surface area contributed by atoms with Gasteiger partial charge >= 0.3 is 0 Å². The first-order valence-corrected chi connectivity index (χ1v) is 10.3. The van der Waals surface area contributed by atoms with Gasteiger partial charge in [-0.2, -0.15) is 5.10 Å². The molecule has 32 heavy (non-hydrogen) atoms. The van der Waals surface area contributed by atoms with Gasteiger partial charge in [-0.15, -0.1) is 0 Å². The third kappa shape index (κ3) is 4.05. The van der Waals surface area contributed by atoms with Gasteiger partial charge in [-0.05, 0) is 35.9 Å². The van der Waals surface area contributed by atoms with E-state index in [9.17, 15) is 9.18 Å². The minimum Gasteiger partial charge on any atom is -0.489 e. The fourth-order valence-corrected chi connectivity index (χ4v) is 3.87. The van der Waals surface area contributed by atoms with Crippen LogP contribution >= 0.6 is 0 Å². The molecule has 0 saturated carbocycles. The van der Waals surface area contributed by atoms with E-state index in [1.54, 1.807) is 18.2 Å². The van der Waals surface area contributed by atoms with E-state index in [4.69, 9.17) is 4.74 Å². The normalized spacial score (nSPS) is 15.0. The summed E-state index contributed by atoms with van der Waals surface area (Å²) in [5.41, 5.74) is 3.30. The van der Waals surface area contributed by atoms with Gasteiger partial charge in [0.1, 0.15) is 24.0 Å². The number of fused-ring (bicyclic) bond motifs is 1. The van der Waals surface area contributed by atoms with Crippen LogP contribution < -0.4 is 15.4 Å². The van der Waals surface area contributed by atoms with E-state index >= 15 is 0 Å². The second-order valence-electron chi connectivity index (χ2n) is 7.61. The highest BCUT2D eigenvalue weighted by atomic mass is 19.1. The molecule has 4 aromatic rings. The molecule has 0 unspecified atom stereocenters. The third-order valence-corrected chi connectivity index (χ3v) is 5.48. The molecule has 2 heterocycles. The number of rotatable bonds is 6. The zero-order valence-corrected chi connectivity index (χ0v) is 17.1. The number of hydrogen-bond donors (Lipinski definition) is 3. The summed E-state index contributed by atoms with van der Waals surface area (Å²) in [5, 5.41) is 13.5. The molecule has 5 rings (SSSR count). The van der Waals surface area contributed by atoms with Gasteiger partial charge in [-0.1, -0.05) is 48.5 Å². The summed E-state index contributed by atoms with van der Waals surface area (Å²) in [6, 6.07) is 23.9. The van der Waals surface area contributed by atoms with Crippen molar-refractivity contribution >= 4 is 23.2 Å². The number of carbonyl (C=O) groups excluding carboxylic acids is 1. The number of anilines is 3. The Morgan fingerprint density at radius 2 is 1.75 bits per heavy atom. The molecule has 0 radical (unpaired) electrons. The van der Waals surface area contributed by atoms with E-state index in [0.717, 1.165) is 22.6 Å². The van der Waals surface area contributed by atoms with Crippen LogP contribution in [0.2, 0.25) is 0 Å². The van der Waals surface area contributed by atoms with Crippen molar-refractivity contribution in [2.24, 2.45) is 0 Å². The molecule has 0 saturated heterocycles. The van der Waals surface area contributed by atoms with E-state index in [1.165, 1.54) is 6.07 Å². The lowest BCUT2D eigenvalue weighted by atomic mass is 9.86. The maximum absolute atomic E-state index is 13.8. The smallest absolute Gasteiger partial charge is 0.226 e. The molecular weight excluding hydrogens is 407 g/mol. The Hall–Kier alpha value is -4.13. The number of para-hydroxylation sites is 1. The fourth-order valence-electron chi connectivity index (χ4n) is 3.87. The van der Waals surface area contributed by atoms with Crippen molar-refractivity contribution < 1.29 is 13.9 Å². The molecule has 3 N–H and O–H groups in total. The highest BCUT2D eigenvalue weighted by Crippen LogP contribution is 2.41. The highest BCUT2D eigenvalue weighted by molar-refractivity contribution is 5.95. The predicted octanol–water partition coefficient (Wildman–Crippen LogP) is 5.35. The van der Waals surface area contributed by atoms with Crippen molar-refractivity contribution in [3.05, 3.63) is 101 Å². The summed E-state index contributed by atoms with van der Waals surface area (Å²) in [6.07, 6.45) is 0.311. The van der Waals surface area contributed by atoms with Crippen LogP contribution in [0.3, 0.4) is 0 Å². The first-order chi connectivity index (χ1) is 15.7. The lowest BCUT2D eigenvalue weighted by molar-refractivity contribution is -0.116. The van der Waals surface area contributed by atoms with E-state index in [0.29, 0.717) is 23.6 Å². The lowest BCUT2D eigenvalue weighted by Gasteiger charge is -2.23. The minimum atomic E-state index is -0.289. The van der Waals surface area contributed by atoms with Crippen molar-refractivity contribution in [2.45, 2.75) is 18.9 Å². The first-order valence-electron chi connectivity index (χ1n) is 10.3. The highest BCUT2D eigenvalue weighted by Gasteiger charge is 2.31. The molecule has 3 aromatic carbocycles. The Kier molecular flexibility index (Phi) is 5.29. The number of aromatic amines is 1. The molecule has 0 fully saturated rings. The van der Waals surface area contributed by atoms with Gasteiger partial charge in [0, 0.05) is 29.2 Å². The average molecular weight is 428 g/mol. The predicted molar refractivity (Wildman–Crippen MR) is 121 cm³/mol. The van der Waals surface area contributed by atoms with Crippen LogP contribution in [0.15, 0.2) is 78.9 Å². The standard InChI is InChI=1S/C25H21FN4O2/c26-21-9-5-4-6-17(21)15-32-19-12-10-16(11-13-19)20-14-22(31)28-25-23(20)24(29-30-25)27-18-7-2-1-3-8-18/h1-13,20H,14-15H2,(H3,27,28,29,30,31)/t20-/m0/s1. The van der Waals surface area contributed by atoms with Crippen molar-refractivity contribution in [1.29, 1.82) is 0 Å². The van der Waals surface area contributed by atoms with Crippen LogP contribution in [0.4, 0.5) is 21.7 Å². The van der Waals surface area contributed by atoms with Gasteiger partial charge in [0.15, 0.2) is 5.82 Å². The summed E-state index contributed by atoms with van der Waals surface area (Å²) >= 11 is 0. The zero-order valence-electron chi connectivity index (χ0n) is 17.1. The third-order valence-electron chi connectivity index (χ3n) is 5.48. The number of aromatic nitrogens is 2. The largest absolute Gasteiger partial charge is 0.489 e. The van der Waals surface area contributed by atoms with Gasteiger partial charge in [-0.25, -0.2) is 4.39 Å². The van der Waals surface area contributed by atoms with E-state index in [-0.39, 0.29) is 24.2 Å². The van der Waals surface area contributed by atoms with E-state index in [1.807, 2.05) is 54.6 Å². The molecule has 0 bridgehead atoms. The van der Waals surface area contributed by atoms with Gasteiger partial charge < -0.3 is 15.4 Å². The molecule has 160 valence electrons. The summed E-state index contributed by atoms with van der Waals surface area (Å²) < 4.78 is 19.6. The molecule has 7 heteroatoms. The number of hydrogen-bond acceptors (Lipinski definition) is 4. The Labute approximate surface area is 184 Å². The summed E-state index contributed by atoms with van der Waals surface area (Å²) in [4.78, 5) is 12.3. The number of H-pyrrole nitrogens is 1. The quantitative estimate of drug-likeness (QED) is 0.387. The fraction of sp³-hybridized carbons (Fsp3) is 0.120. The zero-order chi connectivity index (χ0) is 21.9. The molecular formula is C25H21FN4O2. The SMILES string of the molecule is O=C1C[C@@H](c2ccc(OCc3ccccc3F)cc2)c2c(n[nH]c2Nc2ccccc2)N1. The topological polar surface area (TPSA) is 79.0 Å². The molecule has 1 aliphatic heterocycles. The van der Waals surface area contributed by atoms with Gasteiger partial charge in [0.05, 0.1) is 0 Å². The van der Waals surface area contributed by atoms with E-state index < -0.39 is 0 Å². The maximum Gasteiger partial charge on any atom is 0.226 e. The number of ether oxygens (including phenoxy) is 1. The van der Waals surface area contributed by atoms with Crippen LogP contribution in [0.1, 0.15) is 29.0 Å².